The van der Waals surface area contributed by atoms with E-state index in [1.807, 2.05) is 0 Å². The molecule has 0 saturated carbocycles. The Morgan fingerprint density at radius 3 is 2.31 bits per heavy atom. The Kier molecular flexibility index (Phi) is 8.73. The molecule has 0 rings (SSSR count). The molecule has 0 aromatic rings. The van der Waals surface area contributed by atoms with Crippen molar-refractivity contribution in [1.82, 2.24) is 0 Å². The van der Waals surface area contributed by atoms with Gasteiger partial charge in [-0.25, -0.2) is 9.90 Å². The van der Waals surface area contributed by atoms with Crippen molar-refractivity contribution < 1.29 is 9.90 Å². The molecular formula is C11H19O2. The van der Waals surface area contributed by atoms with E-state index in [9.17, 15) is 9.90 Å². The zero-order valence-corrected chi connectivity index (χ0v) is 8.42. The third-order valence-corrected chi connectivity index (χ3v) is 1.98. The number of carbonyl (C=O) groups excluding carboxylic acids is 1. The fourth-order valence-electron chi connectivity index (χ4n) is 1.22. The van der Waals surface area contributed by atoms with Crippen molar-refractivity contribution in [2.75, 3.05) is 0 Å². The Morgan fingerprint density at radius 1 is 1.08 bits per heavy atom. The molecule has 0 aliphatic carbocycles. The van der Waals surface area contributed by atoms with Gasteiger partial charge in [0, 0.05) is 6.08 Å². The second kappa shape index (κ2) is 9.30. The van der Waals surface area contributed by atoms with Crippen molar-refractivity contribution >= 4 is 5.97 Å². The van der Waals surface area contributed by atoms with Gasteiger partial charge in [0.25, 0.3) is 0 Å². The fraction of sp³-hybridized carbons (Fsp3) is 0.727. The van der Waals surface area contributed by atoms with Crippen LogP contribution in [0.2, 0.25) is 0 Å². The summed E-state index contributed by atoms with van der Waals surface area (Å²) in [6, 6.07) is 0. The van der Waals surface area contributed by atoms with Gasteiger partial charge in [-0.3, -0.25) is 0 Å². The summed E-state index contributed by atoms with van der Waals surface area (Å²) >= 11 is 0. The third-order valence-electron chi connectivity index (χ3n) is 1.98. The molecule has 0 bridgehead atoms. The van der Waals surface area contributed by atoms with Crippen LogP contribution in [0.5, 0.6) is 0 Å². The second-order valence-electron chi connectivity index (χ2n) is 3.28. The lowest BCUT2D eigenvalue weighted by Gasteiger charge is -1.96. The summed E-state index contributed by atoms with van der Waals surface area (Å²) in [4.78, 5) is 9.98. The smallest absolute Gasteiger partial charge is 0.242 e. The van der Waals surface area contributed by atoms with Gasteiger partial charge in [0.2, 0.25) is 0 Å². The van der Waals surface area contributed by atoms with Gasteiger partial charge in [0.1, 0.15) is 0 Å². The lowest BCUT2D eigenvalue weighted by atomic mass is 10.1. The van der Waals surface area contributed by atoms with Crippen LogP contribution in [-0.4, -0.2) is 5.97 Å². The van der Waals surface area contributed by atoms with Crippen molar-refractivity contribution in [3.05, 3.63) is 12.2 Å². The first-order chi connectivity index (χ1) is 6.27. The van der Waals surface area contributed by atoms with E-state index in [0.29, 0.717) is 0 Å². The summed E-state index contributed by atoms with van der Waals surface area (Å²) in [5.74, 6) is -1.09. The molecule has 75 valence electrons. The molecule has 0 heterocycles. The summed E-state index contributed by atoms with van der Waals surface area (Å²) in [7, 11) is 0. The van der Waals surface area contributed by atoms with Crippen LogP contribution >= 0.6 is 0 Å². The van der Waals surface area contributed by atoms with Crippen LogP contribution in [0.25, 0.3) is 0 Å². The Balaban J connectivity index is 3.03. The summed E-state index contributed by atoms with van der Waals surface area (Å²) in [6.07, 6.45) is 11.1. The van der Waals surface area contributed by atoms with Gasteiger partial charge in [-0.2, -0.15) is 0 Å². The van der Waals surface area contributed by atoms with Gasteiger partial charge in [0.15, 0.2) is 0 Å². The highest BCUT2D eigenvalue weighted by Crippen LogP contribution is 2.06. The summed E-state index contributed by atoms with van der Waals surface area (Å²) in [5.41, 5.74) is 0. The van der Waals surface area contributed by atoms with E-state index < -0.39 is 5.97 Å². The second-order valence-corrected chi connectivity index (χ2v) is 3.28. The van der Waals surface area contributed by atoms with Gasteiger partial charge in [0.05, 0.1) is 0 Å². The molecule has 0 fully saturated rings. The van der Waals surface area contributed by atoms with E-state index in [0.717, 1.165) is 18.9 Å². The van der Waals surface area contributed by atoms with Crippen LogP contribution < -0.4 is 0 Å². The number of hydrogen-bond donors (Lipinski definition) is 0. The standard InChI is InChI=1S/C11H19O2/c1-2-3-4-5-6-7-8-9-10-11(12)13/h9-10H,2-8H2,1H3/b10-9-. The van der Waals surface area contributed by atoms with Crippen LogP contribution in [-0.2, 0) is 9.90 Å². The molecule has 0 saturated heterocycles. The minimum atomic E-state index is -1.09. The zero-order valence-electron chi connectivity index (χ0n) is 8.42. The molecule has 13 heavy (non-hydrogen) atoms. The Hall–Kier alpha value is -0.790. The number of allylic oxidation sites excluding steroid dienone is 1. The van der Waals surface area contributed by atoms with Crippen molar-refractivity contribution in [3.63, 3.8) is 0 Å². The molecular weight excluding hydrogens is 164 g/mol. The lowest BCUT2D eigenvalue weighted by Crippen LogP contribution is -1.83. The first-order valence-electron chi connectivity index (χ1n) is 5.15. The highest BCUT2D eigenvalue weighted by Gasteiger charge is 1.90. The van der Waals surface area contributed by atoms with Crippen LogP contribution in [0.3, 0.4) is 0 Å². The highest BCUT2D eigenvalue weighted by atomic mass is 16.4. The molecule has 0 aliphatic rings. The molecule has 2 heteroatoms. The van der Waals surface area contributed by atoms with Crippen LogP contribution in [0, 0.1) is 0 Å². The van der Waals surface area contributed by atoms with E-state index in [2.05, 4.69) is 6.92 Å². The lowest BCUT2D eigenvalue weighted by molar-refractivity contribution is -0.137. The largest absolute Gasteiger partial charge is 0.378 e. The van der Waals surface area contributed by atoms with E-state index in [4.69, 9.17) is 0 Å². The maximum atomic E-state index is 9.98. The molecule has 0 atom stereocenters. The third kappa shape index (κ3) is 11.2. The first-order valence-corrected chi connectivity index (χ1v) is 5.15. The predicted molar refractivity (Wildman–Crippen MR) is 52.8 cm³/mol. The van der Waals surface area contributed by atoms with Crippen LogP contribution in [0.4, 0.5) is 0 Å². The molecule has 0 aromatic carbocycles. The van der Waals surface area contributed by atoms with Gasteiger partial charge in [-0.05, 0) is 12.8 Å². The van der Waals surface area contributed by atoms with Gasteiger partial charge < -0.3 is 0 Å². The maximum absolute atomic E-state index is 9.98. The predicted octanol–water partition coefficient (Wildman–Crippen LogP) is 3.25. The number of carbonyl (C=O) groups is 1. The van der Waals surface area contributed by atoms with Gasteiger partial charge >= 0.3 is 5.97 Å². The van der Waals surface area contributed by atoms with E-state index in [-0.39, 0.29) is 0 Å². The van der Waals surface area contributed by atoms with Crippen molar-refractivity contribution in [2.45, 2.75) is 51.9 Å². The van der Waals surface area contributed by atoms with Crippen molar-refractivity contribution in [3.8, 4) is 0 Å². The van der Waals surface area contributed by atoms with Crippen molar-refractivity contribution in [1.29, 1.82) is 0 Å². The summed E-state index contributed by atoms with van der Waals surface area (Å²) in [5, 5.41) is 9.98. The number of rotatable bonds is 8. The minimum absolute atomic E-state index is 0.861. The zero-order chi connectivity index (χ0) is 9.94. The normalized spacial score (nSPS) is 10.8. The maximum Gasteiger partial charge on any atom is 0.378 e. The van der Waals surface area contributed by atoms with Gasteiger partial charge in [-0.15, -0.1) is 0 Å². The van der Waals surface area contributed by atoms with E-state index >= 15 is 0 Å². The van der Waals surface area contributed by atoms with Gasteiger partial charge in [-0.1, -0.05) is 45.1 Å². The quantitative estimate of drug-likeness (QED) is 0.420. The molecule has 0 aromatic heterocycles. The van der Waals surface area contributed by atoms with Crippen LogP contribution in [0.15, 0.2) is 12.2 Å². The Morgan fingerprint density at radius 2 is 1.69 bits per heavy atom. The monoisotopic (exact) mass is 183 g/mol. The molecule has 0 aliphatic heterocycles. The Bertz CT molecular complexity index is 150. The Labute approximate surface area is 80.7 Å². The van der Waals surface area contributed by atoms with Crippen LogP contribution in [0.1, 0.15) is 51.9 Å². The molecule has 1 radical (unpaired) electrons. The van der Waals surface area contributed by atoms with E-state index in [1.165, 1.54) is 32.1 Å². The minimum Gasteiger partial charge on any atom is -0.242 e. The topological polar surface area (TPSA) is 37.0 Å². The fourth-order valence-corrected chi connectivity index (χ4v) is 1.22. The number of hydrogen-bond acceptors (Lipinski definition) is 1. The van der Waals surface area contributed by atoms with Crippen molar-refractivity contribution in [2.24, 2.45) is 0 Å². The average Bonchev–Trinajstić information content (AvgIpc) is 2.09. The number of unbranched alkanes of at least 4 members (excludes halogenated alkanes) is 6. The molecule has 2 nitrogen and oxygen atoms in total. The highest BCUT2D eigenvalue weighted by molar-refractivity contribution is 5.79. The molecule has 0 spiro atoms. The average molecular weight is 183 g/mol. The summed E-state index contributed by atoms with van der Waals surface area (Å²) < 4.78 is 0. The summed E-state index contributed by atoms with van der Waals surface area (Å²) in [6.45, 7) is 2.20. The molecule has 0 amide bonds. The molecule has 0 unspecified atom stereocenters. The van der Waals surface area contributed by atoms with E-state index in [1.54, 1.807) is 6.08 Å². The molecule has 0 N–H and O–H groups in total. The SMILES string of the molecule is CCCCCCCC/C=C\C([O])=O. The first kappa shape index (κ1) is 12.2.